The van der Waals surface area contributed by atoms with Gasteiger partial charge in [0.1, 0.15) is 5.75 Å². The van der Waals surface area contributed by atoms with Gasteiger partial charge in [0.2, 0.25) is 0 Å². The lowest BCUT2D eigenvalue weighted by Gasteiger charge is -2.06. The SMILES string of the molecule is COc1ccc(C=NNC(=O)CNc2cccc(C)c2)cc1I. The van der Waals surface area contributed by atoms with Gasteiger partial charge < -0.3 is 10.1 Å². The molecule has 0 heterocycles. The van der Waals surface area contributed by atoms with Gasteiger partial charge >= 0.3 is 0 Å². The van der Waals surface area contributed by atoms with E-state index in [0.29, 0.717) is 0 Å². The van der Waals surface area contributed by atoms with Crippen LogP contribution in [0.3, 0.4) is 0 Å². The first-order valence-corrected chi connectivity index (χ1v) is 8.12. The van der Waals surface area contributed by atoms with Crippen molar-refractivity contribution in [2.24, 2.45) is 5.10 Å². The predicted molar refractivity (Wildman–Crippen MR) is 101 cm³/mol. The Morgan fingerprint density at radius 3 is 2.83 bits per heavy atom. The van der Waals surface area contributed by atoms with Crippen LogP contribution in [0.25, 0.3) is 0 Å². The maximum atomic E-state index is 11.8. The van der Waals surface area contributed by atoms with Crippen LogP contribution in [0.15, 0.2) is 47.6 Å². The lowest BCUT2D eigenvalue weighted by Crippen LogP contribution is -2.25. The van der Waals surface area contributed by atoms with Crippen LogP contribution in [0, 0.1) is 10.5 Å². The third kappa shape index (κ3) is 5.55. The van der Waals surface area contributed by atoms with Gasteiger partial charge in [0.25, 0.3) is 5.91 Å². The van der Waals surface area contributed by atoms with Crippen LogP contribution in [0.4, 0.5) is 5.69 Å². The molecule has 0 atom stereocenters. The molecule has 0 aliphatic rings. The number of aryl methyl sites for hydroxylation is 1. The zero-order chi connectivity index (χ0) is 16.7. The summed E-state index contributed by atoms with van der Waals surface area (Å²) >= 11 is 2.19. The monoisotopic (exact) mass is 423 g/mol. The number of carbonyl (C=O) groups is 1. The summed E-state index contributed by atoms with van der Waals surface area (Å²) in [5.41, 5.74) is 5.44. The minimum atomic E-state index is -0.203. The number of hydrogen-bond acceptors (Lipinski definition) is 4. The number of carbonyl (C=O) groups excluding carboxylic acids is 1. The van der Waals surface area contributed by atoms with E-state index in [1.807, 2.05) is 49.4 Å². The molecule has 0 fully saturated rings. The Bertz CT molecular complexity index is 717. The zero-order valence-electron chi connectivity index (χ0n) is 13.0. The molecule has 2 aromatic rings. The molecule has 120 valence electrons. The summed E-state index contributed by atoms with van der Waals surface area (Å²) in [5, 5.41) is 7.01. The van der Waals surface area contributed by atoms with E-state index in [0.717, 1.165) is 26.1 Å². The molecule has 2 aromatic carbocycles. The molecule has 5 nitrogen and oxygen atoms in total. The molecular weight excluding hydrogens is 405 g/mol. The van der Waals surface area contributed by atoms with Crippen molar-refractivity contribution in [3.63, 3.8) is 0 Å². The third-order valence-electron chi connectivity index (χ3n) is 3.05. The molecule has 0 unspecified atom stereocenters. The first-order valence-electron chi connectivity index (χ1n) is 7.04. The number of amides is 1. The summed E-state index contributed by atoms with van der Waals surface area (Å²) in [4.78, 5) is 11.8. The fourth-order valence-corrected chi connectivity index (χ4v) is 2.68. The lowest BCUT2D eigenvalue weighted by molar-refractivity contribution is -0.119. The minimum Gasteiger partial charge on any atom is -0.496 e. The van der Waals surface area contributed by atoms with Crippen molar-refractivity contribution in [1.29, 1.82) is 0 Å². The highest BCUT2D eigenvalue weighted by atomic mass is 127. The van der Waals surface area contributed by atoms with Crippen LogP contribution < -0.4 is 15.5 Å². The van der Waals surface area contributed by atoms with E-state index in [1.54, 1.807) is 13.3 Å². The van der Waals surface area contributed by atoms with Gasteiger partial charge in [0, 0.05) is 5.69 Å². The normalized spacial score (nSPS) is 10.6. The molecule has 0 radical (unpaired) electrons. The first-order chi connectivity index (χ1) is 11.1. The maximum Gasteiger partial charge on any atom is 0.259 e. The van der Waals surface area contributed by atoms with Gasteiger partial charge in [-0.05, 0) is 71.0 Å². The summed E-state index contributed by atoms with van der Waals surface area (Å²) < 4.78 is 6.18. The molecule has 6 heteroatoms. The average molecular weight is 423 g/mol. The van der Waals surface area contributed by atoms with Gasteiger partial charge in [-0.2, -0.15) is 5.10 Å². The van der Waals surface area contributed by atoms with Crippen molar-refractivity contribution in [2.45, 2.75) is 6.92 Å². The number of ether oxygens (including phenoxy) is 1. The smallest absolute Gasteiger partial charge is 0.259 e. The Kier molecular flexibility index (Phi) is 6.40. The Morgan fingerprint density at radius 2 is 2.13 bits per heavy atom. The highest BCUT2D eigenvalue weighted by Gasteiger charge is 2.01. The number of nitrogens with zero attached hydrogens (tertiary/aromatic N) is 1. The van der Waals surface area contributed by atoms with E-state index in [-0.39, 0.29) is 12.5 Å². The number of rotatable bonds is 6. The molecule has 0 spiro atoms. The summed E-state index contributed by atoms with van der Waals surface area (Å²) in [6.45, 7) is 2.17. The molecule has 2 rings (SSSR count). The van der Waals surface area contributed by atoms with Crippen LogP contribution >= 0.6 is 22.6 Å². The molecule has 0 aromatic heterocycles. The van der Waals surface area contributed by atoms with Gasteiger partial charge in [-0.1, -0.05) is 12.1 Å². The number of hydrogen-bond donors (Lipinski definition) is 2. The van der Waals surface area contributed by atoms with Gasteiger partial charge in [-0.25, -0.2) is 5.43 Å². The van der Waals surface area contributed by atoms with Crippen molar-refractivity contribution >= 4 is 40.4 Å². The van der Waals surface area contributed by atoms with E-state index in [4.69, 9.17) is 4.74 Å². The van der Waals surface area contributed by atoms with E-state index < -0.39 is 0 Å². The highest BCUT2D eigenvalue weighted by molar-refractivity contribution is 14.1. The Balaban J connectivity index is 1.83. The highest BCUT2D eigenvalue weighted by Crippen LogP contribution is 2.20. The summed E-state index contributed by atoms with van der Waals surface area (Å²) in [6.07, 6.45) is 1.60. The third-order valence-corrected chi connectivity index (χ3v) is 3.89. The summed E-state index contributed by atoms with van der Waals surface area (Å²) in [6, 6.07) is 13.5. The maximum absolute atomic E-state index is 11.8. The van der Waals surface area contributed by atoms with Gasteiger partial charge in [0.15, 0.2) is 0 Å². The van der Waals surface area contributed by atoms with Gasteiger partial charge in [-0.15, -0.1) is 0 Å². The van der Waals surface area contributed by atoms with E-state index in [1.165, 1.54) is 0 Å². The number of anilines is 1. The molecular formula is C17H18IN3O2. The van der Waals surface area contributed by atoms with Crippen molar-refractivity contribution in [1.82, 2.24) is 5.43 Å². The fourth-order valence-electron chi connectivity index (χ4n) is 1.92. The minimum absolute atomic E-state index is 0.168. The van der Waals surface area contributed by atoms with Crippen LogP contribution in [0.2, 0.25) is 0 Å². The second-order valence-corrected chi connectivity index (χ2v) is 6.07. The molecule has 0 aliphatic carbocycles. The predicted octanol–water partition coefficient (Wildman–Crippen LogP) is 3.17. The molecule has 1 amide bonds. The van der Waals surface area contributed by atoms with Gasteiger partial charge in [-0.3, -0.25) is 4.79 Å². The van der Waals surface area contributed by atoms with Crippen molar-refractivity contribution < 1.29 is 9.53 Å². The Hall–Kier alpha value is -2.09. The van der Waals surface area contributed by atoms with Crippen molar-refractivity contribution in [2.75, 3.05) is 19.0 Å². The average Bonchev–Trinajstić information content (AvgIpc) is 2.53. The van der Waals surface area contributed by atoms with Crippen LogP contribution in [0.1, 0.15) is 11.1 Å². The van der Waals surface area contributed by atoms with Crippen molar-refractivity contribution in [3.05, 3.63) is 57.2 Å². The summed E-state index contributed by atoms with van der Waals surface area (Å²) in [5.74, 6) is 0.611. The van der Waals surface area contributed by atoms with Crippen LogP contribution in [-0.4, -0.2) is 25.8 Å². The number of nitrogens with one attached hydrogen (secondary N) is 2. The van der Waals surface area contributed by atoms with E-state index in [9.17, 15) is 4.79 Å². The van der Waals surface area contributed by atoms with Gasteiger partial charge in [0.05, 0.1) is 23.4 Å². The van der Waals surface area contributed by atoms with E-state index in [2.05, 4.69) is 38.4 Å². The molecule has 0 saturated carbocycles. The van der Waals surface area contributed by atoms with Crippen LogP contribution in [0.5, 0.6) is 5.75 Å². The lowest BCUT2D eigenvalue weighted by atomic mass is 10.2. The van der Waals surface area contributed by atoms with Crippen LogP contribution in [-0.2, 0) is 4.79 Å². The van der Waals surface area contributed by atoms with Crippen molar-refractivity contribution in [3.8, 4) is 5.75 Å². The molecule has 0 bridgehead atoms. The molecule has 23 heavy (non-hydrogen) atoms. The Morgan fingerprint density at radius 1 is 1.30 bits per heavy atom. The number of benzene rings is 2. The zero-order valence-corrected chi connectivity index (χ0v) is 15.1. The largest absolute Gasteiger partial charge is 0.496 e. The number of hydrazone groups is 1. The molecule has 2 N–H and O–H groups in total. The van der Waals surface area contributed by atoms with E-state index >= 15 is 0 Å². The fraction of sp³-hybridized carbons (Fsp3) is 0.176. The molecule has 0 saturated heterocycles. The second-order valence-electron chi connectivity index (χ2n) is 4.91. The Labute approximate surface area is 149 Å². The summed E-state index contributed by atoms with van der Waals surface area (Å²) in [7, 11) is 1.63. The number of halogens is 1. The first kappa shape index (κ1) is 17.3. The standard InChI is InChI=1S/C17H18IN3O2/c1-12-4-3-5-14(8-12)19-11-17(22)21-20-10-13-6-7-16(23-2)15(18)9-13/h3-10,19H,11H2,1-2H3,(H,21,22). The topological polar surface area (TPSA) is 62.7 Å². The quantitative estimate of drug-likeness (QED) is 0.426. The second kappa shape index (κ2) is 8.52. The number of methoxy groups -OCH3 is 1. The molecule has 0 aliphatic heterocycles.